The second-order valence-corrected chi connectivity index (χ2v) is 8.03. The number of hydrogen-bond donors (Lipinski definition) is 2. The topological polar surface area (TPSA) is 117 Å². The maximum absolute atomic E-state index is 12.6. The van der Waals surface area contributed by atoms with Crippen molar-refractivity contribution in [1.29, 1.82) is 5.26 Å². The summed E-state index contributed by atoms with van der Waals surface area (Å²) in [6.45, 7) is 5.02. The van der Waals surface area contributed by atoms with Crippen molar-refractivity contribution < 1.29 is 14.3 Å². The van der Waals surface area contributed by atoms with Crippen molar-refractivity contribution >= 4 is 26.4 Å². The summed E-state index contributed by atoms with van der Waals surface area (Å²) in [5.74, 6) is -0.0845. The number of amides is 2. The number of hydrogen-bond acceptors (Lipinski definition) is 6. The highest BCUT2D eigenvalue weighted by molar-refractivity contribution is 7.27. The van der Waals surface area contributed by atoms with E-state index in [2.05, 4.69) is 35.9 Å². The highest BCUT2D eigenvalue weighted by atomic mass is 31.0. The maximum Gasteiger partial charge on any atom is 0.270 e. The summed E-state index contributed by atoms with van der Waals surface area (Å²) in [7, 11) is 2.62. The normalized spacial score (nSPS) is 10.3. The monoisotopic (exact) mass is 475 g/mol. The van der Waals surface area contributed by atoms with Crippen LogP contribution >= 0.6 is 9.24 Å². The van der Waals surface area contributed by atoms with Gasteiger partial charge in [0.1, 0.15) is 23.5 Å². The van der Waals surface area contributed by atoms with Gasteiger partial charge in [-0.25, -0.2) is 9.97 Å². The molecule has 0 radical (unpaired) electrons. The molecule has 1 atom stereocenters. The number of aryl methyl sites for hydroxylation is 1. The van der Waals surface area contributed by atoms with Crippen molar-refractivity contribution in [3.05, 3.63) is 82.4 Å². The summed E-state index contributed by atoms with van der Waals surface area (Å²) in [5.41, 5.74) is 3.56. The first-order chi connectivity index (χ1) is 16.4. The minimum Gasteiger partial charge on any atom is -0.493 e. The van der Waals surface area contributed by atoms with Crippen LogP contribution < -0.4 is 20.7 Å². The molecular weight excluding hydrogens is 449 g/mol. The fourth-order valence-electron chi connectivity index (χ4n) is 3.31. The zero-order valence-corrected chi connectivity index (χ0v) is 20.2. The molecule has 0 fully saturated rings. The Balaban J connectivity index is 1.63. The van der Waals surface area contributed by atoms with Crippen molar-refractivity contribution in [1.82, 2.24) is 20.6 Å². The third-order valence-electron chi connectivity index (χ3n) is 5.12. The lowest BCUT2D eigenvalue weighted by Crippen LogP contribution is -2.27. The molecule has 1 heterocycles. The molecule has 0 saturated carbocycles. The number of benzene rings is 2. The lowest BCUT2D eigenvalue weighted by atomic mass is 10.0. The number of nitriles is 1. The number of rotatable bonds is 9. The second kappa shape index (κ2) is 11.9. The molecule has 1 aromatic heterocycles. The molecule has 174 valence electrons. The van der Waals surface area contributed by atoms with Gasteiger partial charge in [0.25, 0.3) is 11.8 Å². The van der Waals surface area contributed by atoms with Gasteiger partial charge in [-0.3, -0.25) is 9.59 Å². The Hall–Kier alpha value is -3.82. The van der Waals surface area contributed by atoms with E-state index in [0.717, 1.165) is 34.2 Å². The maximum atomic E-state index is 12.6. The summed E-state index contributed by atoms with van der Waals surface area (Å²) in [4.78, 5) is 33.2. The molecule has 3 aromatic rings. The number of carbonyl (C=O) groups is 2. The Bertz CT molecular complexity index is 1240. The van der Waals surface area contributed by atoms with E-state index in [9.17, 15) is 9.59 Å². The molecule has 9 heteroatoms. The SMILES string of the molecule is CCOc1cc(CNC(=O)c2cc(C(=O)NCc3ccc(C#N)cc3CC)ncn2)ccc1P. The van der Waals surface area contributed by atoms with Gasteiger partial charge in [0.15, 0.2) is 0 Å². The van der Waals surface area contributed by atoms with Crippen molar-refractivity contribution in [3.8, 4) is 11.8 Å². The van der Waals surface area contributed by atoms with E-state index in [4.69, 9.17) is 10.00 Å². The molecule has 1 unspecified atom stereocenters. The molecule has 3 rings (SSSR count). The molecule has 0 saturated heterocycles. The van der Waals surface area contributed by atoms with Crippen molar-refractivity contribution in [2.24, 2.45) is 0 Å². The van der Waals surface area contributed by atoms with E-state index in [1.807, 2.05) is 44.2 Å². The number of nitrogens with zero attached hydrogens (tertiary/aromatic N) is 3. The molecule has 8 nitrogen and oxygen atoms in total. The van der Waals surface area contributed by atoms with Gasteiger partial charge in [0.05, 0.1) is 18.2 Å². The van der Waals surface area contributed by atoms with Gasteiger partial charge in [-0.2, -0.15) is 5.26 Å². The van der Waals surface area contributed by atoms with E-state index in [0.29, 0.717) is 12.2 Å². The van der Waals surface area contributed by atoms with Gasteiger partial charge in [0, 0.05) is 24.5 Å². The molecular formula is C25H26N5O3P. The van der Waals surface area contributed by atoms with E-state index >= 15 is 0 Å². The number of nitrogens with one attached hydrogen (secondary N) is 2. The quantitative estimate of drug-likeness (QED) is 0.460. The predicted octanol–water partition coefficient (Wildman–Crippen LogP) is 2.67. The lowest BCUT2D eigenvalue weighted by molar-refractivity contribution is 0.0944. The molecule has 0 aliphatic carbocycles. The third-order valence-corrected chi connectivity index (χ3v) is 5.60. The smallest absolute Gasteiger partial charge is 0.270 e. The summed E-state index contributed by atoms with van der Waals surface area (Å²) in [5, 5.41) is 15.6. The largest absolute Gasteiger partial charge is 0.493 e. The Kier molecular flexibility index (Phi) is 8.66. The van der Waals surface area contributed by atoms with Crippen molar-refractivity contribution in [2.45, 2.75) is 33.4 Å². The van der Waals surface area contributed by atoms with Crippen LogP contribution in [0.5, 0.6) is 5.75 Å². The highest BCUT2D eigenvalue weighted by Gasteiger charge is 2.14. The van der Waals surface area contributed by atoms with Crippen LogP contribution in [0, 0.1) is 11.3 Å². The van der Waals surface area contributed by atoms with Crippen LogP contribution in [0.25, 0.3) is 0 Å². The highest BCUT2D eigenvalue weighted by Crippen LogP contribution is 2.15. The molecule has 0 spiro atoms. The fraction of sp³-hybridized carbons (Fsp3) is 0.240. The first-order valence-electron chi connectivity index (χ1n) is 10.9. The Morgan fingerprint density at radius 3 is 2.32 bits per heavy atom. The molecule has 0 aliphatic heterocycles. The Morgan fingerprint density at radius 2 is 1.68 bits per heavy atom. The van der Waals surface area contributed by atoms with Crippen LogP contribution in [0.4, 0.5) is 0 Å². The first-order valence-corrected chi connectivity index (χ1v) is 11.4. The van der Waals surface area contributed by atoms with Crippen LogP contribution in [-0.2, 0) is 19.5 Å². The number of carbonyl (C=O) groups excluding carboxylic acids is 2. The minimum absolute atomic E-state index is 0.0952. The van der Waals surface area contributed by atoms with Crippen LogP contribution in [0.3, 0.4) is 0 Å². The van der Waals surface area contributed by atoms with Crippen LogP contribution in [0.1, 0.15) is 57.1 Å². The second-order valence-electron chi connectivity index (χ2n) is 7.41. The van der Waals surface area contributed by atoms with Gasteiger partial charge >= 0.3 is 0 Å². The predicted molar refractivity (Wildman–Crippen MR) is 132 cm³/mol. The van der Waals surface area contributed by atoms with Gasteiger partial charge in [-0.15, -0.1) is 9.24 Å². The van der Waals surface area contributed by atoms with Gasteiger partial charge in [0.2, 0.25) is 0 Å². The number of aromatic nitrogens is 2. The summed E-state index contributed by atoms with van der Waals surface area (Å²) >= 11 is 0. The average Bonchev–Trinajstić information content (AvgIpc) is 2.87. The molecule has 2 aromatic carbocycles. The standard InChI is InChI=1S/C25H26N5O3P/c1-3-18-9-16(12-26)5-7-19(18)14-28-25(32)21-11-20(29-15-30-21)24(31)27-13-17-6-8-23(34)22(10-17)33-4-2/h5-11,15H,3-4,13-14,34H2,1-2H3,(H,27,31)(H,28,32). The van der Waals surface area contributed by atoms with E-state index in [1.165, 1.54) is 12.4 Å². The number of ether oxygens (including phenoxy) is 1. The fourth-order valence-corrected chi connectivity index (χ4v) is 3.57. The van der Waals surface area contributed by atoms with E-state index in [1.54, 1.807) is 6.07 Å². The Morgan fingerprint density at radius 1 is 0.971 bits per heavy atom. The van der Waals surface area contributed by atoms with Crippen LogP contribution in [0.2, 0.25) is 0 Å². The zero-order valence-electron chi connectivity index (χ0n) is 19.1. The first kappa shape index (κ1) is 24.8. The summed E-state index contributed by atoms with van der Waals surface area (Å²) in [6, 6.07) is 14.5. The zero-order chi connectivity index (χ0) is 24.5. The van der Waals surface area contributed by atoms with Crippen LogP contribution in [-0.4, -0.2) is 28.4 Å². The molecule has 0 bridgehead atoms. The molecule has 34 heavy (non-hydrogen) atoms. The molecule has 2 N–H and O–H groups in total. The van der Waals surface area contributed by atoms with E-state index < -0.39 is 11.8 Å². The van der Waals surface area contributed by atoms with E-state index in [-0.39, 0.29) is 24.5 Å². The molecule has 2 amide bonds. The van der Waals surface area contributed by atoms with Crippen molar-refractivity contribution in [3.63, 3.8) is 0 Å². The Labute approximate surface area is 201 Å². The van der Waals surface area contributed by atoms with Gasteiger partial charge in [-0.1, -0.05) is 25.1 Å². The van der Waals surface area contributed by atoms with Crippen LogP contribution in [0.15, 0.2) is 48.8 Å². The van der Waals surface area contributed by atoms with Gasteiger partial charge in [-0.05, 0) is 48.2 Å². The lowest BCUT2D eigenvalue weighted by Gasteiger charge is -2.11. The third kappa shape index (κ3) is 6.37. The average molecular weight is 475 g/mol. The van der Waals surface area contributed by atoms with Crippen molar-refractivity contribution in [2.75, 3.05) is 6.61 Å². The summed E-state index contributed by atoms with van der Waals surface area (Å²) < 4.78 is 5.58. The minimum atomic E-state index is -0.416. The summed E-state index contributed by atoms with van der Waals surface area (Å²) in [6.07, 6.45) is 1.93. The van der Waals surface area contributed by atoms with Gasteiger partial charge < -0.3 is 15.4 Å². The molecule has 0 aliphatic rings.